The van der Waals surface area contributed by atoms with Crippen molar-refractivity contribution in [3.63, 3.8) is 0 Å². The van der Waals surface area contributed by atoms with Crippen molar-refractivity contribution in [1.82, 2.24) is 10.4 Å². The molecule has 0 radical (unpaired) electrons. The van der Waals surface area contributed by atoms with Gasteiger partial charge in [0.2, 0.25) is 0 Å². The van der Waals surface area contributed by atoms with Gasteiger partial charge < -0.3 is 20.4 Å². The van der Waals surface area contributed by atoms with Crippen molar-refractivity contribution in [2.24, 2.45) is 0 Å². The van der Waals surface area contributed by atoms with E-state index in [1.54, 1.807) is 0 Å². The van der Waals surface area contributed by atoms with Gasteiger partial charge in [0.05, 0.1) is 0 Å². The van der Waals surface area contributed by atoms with Gasteiger partial charge in [-0.05, 0) is 0 Å². The highest BCUT2D eigenvalue weighted by molar-refractivity contribution is 4.82. The number of nitrogens with zero attached hydrogens (tertiary/aromatic N) is 1. The number of hydrogen-bond acceptors (Lipinski definition) is 6. The Morgan fingerprint density at radius 2 is 1.64 bits per heavy atom. The van der Waals surface area contributed by atoms with Gasteiger partial charge in [-0.3, -0.25) is 0 Å². The van der Waals surface area contributed by atoms with Crippen LogP contribution in [-0.4, -0.2) is 57.1 Å². The number of hydrazine groups is 1. The molecule has 0 aliphatic carbocycles. The second-order valence-corrected chi connectivity index (χ2v) is 2.58. The van der Waals surface area contributed by atoms with Crippen LogP contribution in [0.25, 0.3) is 0 Å². The zero-order valence-corrected chi connectivity index (χ0v) is 6.05. The summed E-state index contributed by atoms with van der Waals surface area (Å²) in [5, 5.41) is 37.2. The Bertz CT molecular complexity index is 130. The van der Waals surface area contributed by atoms with E-state index in [0.29, 0.717) is 0 Å². The Labute approximate surface area is 63.6 Å². The Morgan fingerprint density at radius 3 is 2.18 bits per heavy atom. The molecule has 4 atom stereocenters. The fraction of sp³-hybridized carbons (Fsp3) is 1.00. The lowest BCUT2D eigenvalue weighted by Gasteiger charge is -2.39. The van der Waals surface area contributed by atoms with Crippen molar-refractivity contribution >= 4 is 0 Å². The van der Waals surface area contributed by atoms with Crippen LogP contribution in [0.3, 0.4) is 0 Å². The molecule has 1 aliphatic rings. The van der Waals surface area contributed by atoms with Crippen LogP contribution >= 0.6 is 0 Å². The summed E-state index contributed by atoms with van der Waals surface area (Å²) < 4.78 is 0. The van der Waals surface area contributed by atoms with E-state index in [0.717, 1.165) is 5.01 Å². The van der Waals surface area contributed by atoms with Gasteiger partial charge in [0.1, 0.15) is 24.7 Å². The number of aliphatic hydroxyl groups is 4. The lowest BCUT2D eigenvalue weighted by atomic mass is 10.1. The first kappa shape index (κ1) is 8.85. The normalized spacial score (nSPS) is 47.7. The summed E-state index contributed by atoms with van der Waals surface area (Å²) in [5.41, 5.74) is 2.34. The van der Waals surface area contributed by atoms with Crippen molar-refractivity contribution < 1.29 is 20.4 Å². The minimum Gasteiger partial charge on any atom is -0.386 e. The van der Waals surface area contributed by atoms with Gasteiger partial charge in [0.15, 0.2) is 0 Å². The third-order valence-corrected chi connectivity index (χ3v) is 1.71. The van der Waals surface area contributed by atoms with Crippen molar-refractivity contribution in [3.8, 4) is 0 Å². The molecule has 1 saturated heterocycles. The minimum atomic E-state index is -1.36. The molecule has 0 bridgehead atoms. The van der Waals surface area contributed by atoms with Crippen molar-refractivity contribution in [3.05, 3.63) is 0 Å². The fourth-order valence-corrected chi connectivity index (χ4v) is 0.954. The number of nitrogens with one attached hydrogen (secondary N) is 1. The molecule has 6 heteroatoms. The summed E-state index contributed by atoms with van der Waals surface area (Å²) in [6.45, 7) is 0. The first-order valence-electron chi connectivity index (χ1n) is 3.25. The summed E-state index contributed by atoms with van der Waals surface area (Å²) in [5.74, 6) is 0. The molecule has 0 amide bonds. The van der Waals surface area contributed by atoms with Crippen molar-refractivity contribution in [2.45, 2.75) is 24.7 Å². The van der Waals surface area contributed by atoms with Crippen LogP contribution in [0.4, 0.5) is 0 Å². The Hall–Kier alpha value is -0.240. The van der Waals surface area contributed by atoms with Gasteiger partial charge in [-0.25, -0.2) is 10.4 Å². The average molecular weight is 164 g/mol. The Kier molecular flexibility index (Phi) is 2.43. The molecule has 11 heavy (non-hydrogen) atoms. The van der Waals surface area contributed by atoms with Crippen molar-refractivity contribution in [1.29, 1.82) is 0 Å². The van der Waals surface area contributed by atoms with E-state index < -0.39 is 24.7 Å². The molecule has 1 aliphatic heterocycles. The third kappa shape index (κ3) is 1.51. The minimum absolute atomic E-state index is 1.13. The topological polar surface area (TPSA) is 96.2 Å². The van der Waals surface area contributed by atoms with Gasteiger partial charge in [0.25, 0.3) is 0 Å². The van der Waals surface area contributed by atoms with Crippen LogP contribution in [0, 0.1) is 0 Å². The number of likely N-dealkylation sites (N-methyl/N-ethyl adjacent to an activating group) is 1. The third-order valence-electron chi connectivity index (χ3n) is 1.71. The van der Waals surface area contributed by atoms with E-state index in [2.05, 4.69) is 5.43 Å². The van der Waals surface area contributed by atoms with Crippen LogP contribution in [0.15, 0.2) is 0 Å². The highest BCUT2D eigenvalue weighted by atomic mass is 16.4. The predicted octanol–water partition coefficient (Wildman–Crippen LogP) is -3.20. The van der Waals surface area contributed by atoms with Gasteiger partial charge in [-0.2, -0.15) is 0 Å². The van der Waals surface area contributed by atoms with Gasteiger partial charge in [0, 0.05) is 7.05 Å². The van der Waals surface area contributed by atoms with E-state index >= 15 is 0 Å². The fourth-order valence-electron chi connectivity index (χ4n) is 0.954. The van der Waals surface area contributed by atoms with Gasteiger partial charge in [-0.15, -0.1) is 0 Å². The van der Waals surface area contributed by atoms with Crippen LogP contribution in [0.1, 0.15) is 0 Å². The maximum atomic E-state index is 9.08. The van der Waals surface area contributed by atoms with Crippen LogP contribution < -0.4 is 5.43 Å². The second kappa shape index (κ2) is 3.02. The summed E-state index contributed by atoms with van der Waals surface area (Å²) in [6.07, 6.45) is -5.15. The zero-order valence-electron chi connectivity index (χ0n) is 6.05. The second-order valence-electron chi connectivity index (χ2n) is 2.58. The maximum absolute atomic E-state index is 9.08. The Morgan fingerprint density at radius 1 is 1.09 bits per heavy atom. The predicted molar refractivity (Wildman–Crippen MR) is 34.9 cm³/mol. The molecule has 0 spiro atoms. The molecule has 0 saturated carbocycles. The van der Waals surface area contributed by atoms with Crippen LogP contribution in [0.5, 0.6) is 0 Å². The molecule has 5 N–H and O–H groups in total. The molecular formula is C5H12N2O4. The largest absolute Gasteiger partial charge is 0.386 e. The highest BCUT2D eigenvalue weighted by Crippen LogP contribution is 2.10. The van der Waals surface area contributed by atoms with E-state index in [1.165, 1.54) is 7.05 Å². The van der Waals surface area contributed by atoms with E-state index in [-0.39, 0.29) is 0 Å². The summed E-state index contributed by atoms with van der Waals surface area (Å²) in [6, 6.07) is 0. The molecular weight excluding hydrogens is 152 g/mol. The molecule has 4 unspecified atom stereocenters. The summed E-state index contributed by atoms with van der Waals surface area (Å²) in [4.78, 5) is 0. The first-order valence-corrected chi connectivity index (χ1v) is 3.25. The monoisotopic (exact) mass is 164 g/mol. The van der Waals surface area contributed by atoms with Gasteiger partial charge >= 0.3 is 0 Å². The van der Waals surface area contributed by atoms with E-state index in [1.807, 2.05) is 0 Å². The smallest absolute Gasteiger partial charge is 0.148 e. The van der Waals surface area contributed by atoms with Crippen molar-refractivity contribution in [2.75, 3.05) is 7.05 Å². The quantitative estimate of drug-likeness (QED) is 0.259. The molecule has 1 fully saturated rings. The van der Waals surface area contributed by atoms with E-state index in [4.69, 9.17) is 20.4 Å². The maximum Gasteiger partial charge on any atom is 0.148 e. The molecule has 1 rings (SSSR count). The SMILES string of the molecule is CN1NC(O)C(O)C(O)C1O. The molecule has 0 aromatic rings. The van der Waals surface area contributed by atoms with Crippen LogP contribution in [-0.2, 0) is 0 Å². The van der Waals surface area contributed by atoms with Crippen LogP contribution in [0.2, 0.25) is 0 Å². The standard InChI is InChI=1S/C5H12N2O4/c1-7-5(11)3(9)2(8)4(10)6-7/h2-6,8-11H,1H3. The Balaban J connectivity index is 2.63. The lowest BCUT2D eigenvalue weighted by Crippen LogP contribution is -2.66. The summed E-state index contributed by atoms with van der Waals surface area (Å²) in [7, 11) is 1.45. The van der Waals surface area contributed by atoms with Gasteiger partial charge in [-0.1, -0.05) is 0 Å². The number of aliphatic hydroxyl groups excluding tert-OH is 4. The number of hydrogen-bond donors (Lipinski definition) is 5. The molecule has 1 heterocycles. The first-order chi connectivity index (χ1) is 5.04. The highest BCUT2D eigenvalue weighted by Gasteiger charge is 2.38. The lowest BCUT2D eigenvalue weighted by molar-refractivity contribution is -0.219. The number of rotatable bonds is 0. The average Bonchev–Trinajstić information content (AvgIpc) is 1.97. The van der Waals surface area contributed by atoms with E-state index in [9.17, 15) is 0 Å². The molecule has 0 aromatic heterocycles. The molecule has 66 valence electrons. The zero-order chi connectivity index (χ0) is 8.59. The molecule has 6 nitrogen and oxygen atoms in total. The summed E-state index contributed by atoms with van der Waals surface area (Å²) >= 11 is 0. The molecule has 0 aromatic carbocycles.